The van der Waals surface area contributed by atoms with Gasteiger partial charge in [-0.3, -0.25) is 5.32 Å². The molecule has 0 aliphatic heterocycles. The zero-order valence-electron chi connectivity index (χ0n) is 8.78. The Kier molecular flexibility index (Phi) is 5.55. The van der Waals surface area contributed by atoms with Gasteiger partial charge in [-0.2, -0.15) is 0 Å². The van der Waals surface area contributed by atoms with Gasteiger partial charge < -0.3 is 11.5 Å². The lowest BCUT2D eigenvalue weighted by Crippen LogP contribution is -2.38. The third-order valence-electron chi connectivity index (χ3n) is 1.67. The Hall–Kier alpha value is -2.04. The van der Waals surface area contributed by atoms with Crippen molar-refractivity contribution < 1.29 is 9.59 Å². The van der Waals surface area contributed by atoms with Gasteiger partial charge in [-0.1, -0.05) is 24.3 Å². The summed E-state index contributed by atoms with van der Waals surface area (Å²) in [6.45, 7) is 4.24. The van der Waals surface area contributed by atoms with E-state index in [2.05, 4.69) is 49.6 Å². The molecule has 0 saturated carbocycles. The molecule has 1 aromatic rings. The first-order chi connectivity index (χ1) is 6.93. The van der Waals surface area contributed by atoms with Crippen molar-refractivity contribution in [2.45, 2.75) is 13.8 Å². The van der Waals surface area contributed by atoms with E-state index in [9.17, 15) is 9.59 Å². The van der Waals surface area contributed by atoms with Crippen molar-refractivity contribution in [3.8, 4) is 0 Å². The fourth-order valence-electron chi connectivity index (χ4n) is 0.784. The summed E-state index contributed by atoms with van der Waals surface area (Å²) in [6.07, 6.45) is 0. The fraction of sp³-hybridized carbons (Fsp3) is 0.200. The largest absolute Gasteiger partial charge is 0.351 e. The van der Waals surface area contributed by atoms with Crippen LogP contribution in [0.25, 0.3) is 0 Å². The van der Waals surface area contributed by atoms with Gasteiger partial charge in [0.05, 0.1) is 0 Å². The average Bonchev–Trinajstić information content (AvgIpc) is 2.08. The Morgan fingerprint density at radius 3 is 1.47 bits per heavy atom. The van der Waals surface area contributed by atoms with Gasteiger partial charge in [-0.15, -0.1) is 0 Å². The minimum atomic E-state index is -0.938. The normalized spacial score (nSPS) is 8.40. The molecule has 0 atom stereocenters. The molecule has 0 aliphatic carbocycles. The Balaban J connectivity index is 0.000000265. The van der Waals surface area contributed by atoms with Crippen LogP contribution < -0.4 is 16.8 Å². The SMILES string of the molecule is Cc1ccccc1C.NC(=O)NC(N)=O. The maximum atomic E-state index is 9.62. The Morgan fingerprint density at radius 2 is 1.33 bits per heavy atom. The lowest BCUT2D eigenvalue weighted by molar-refractivity contribution is 0.236. The summed E-state index contributed by atoms with van der Waals surface area (Å²) in [5.41, 5.74) is 11.6. The highest BCUT2D eigenvalue weighted by atomic mass is 16.2. The van der Waals surface area contributed by atoms with Crippen LogP contribution >= 0.6 is 0 Å². The number of nitrogens with two attached hydrogens (primary N) is 2. The molecular weight excluding hydrogens is 194 g/mol. The molecule has 0 fully saturated rings. The molecule has 82 valence electrons. The van der Waals surface area contributed by atoms with Crippen LogP contribution in [0, 0.1) is 13.8 Å². The first-order valence-electron chi connectivity index (χ1n) is 4.31. The molecule has 0 aliphatic rings. The number of hydrogen-bond donors (Lipinski definition) is 3. The third-order valence-corrected chi connectivity index (χ3v) is 1.67. The molecule has 1 rings (SSSR count). The van der Waals surface area contributed by atoms with Crippen molar-refractivity contribution in [1.29, 1.82) is 0 Å². The minimum absolute atomic E-state index is 0.937. The summed E-state index contributed by atoms with van der Waals surface area (Å²) in [7, 11) is 0. The molecule has 5 heteroatoms. The predicted octanol–water partition coefficient (Wildman–Crippen LogP) is 1.04. The van der Waals surface area contributed by atoms with Gasteiger partial charge in [0, 0.05) is 0 Å². The lowest BCUT2D eigenvalue weighted by Gasteiger charge is -1.93. The highest BCUT2D eigenvalue weighted by Gasteiger charge is 1.92. The highest BCUT2D eigenvalue weighted by molar-refractivity contribution is 5.91. The van der Waals surface area contributed by atoms with Gasteiger partial charge in [0.1, 0.15) is 0 Å². The maximum Gasteiger partial charge on any atom is 0.320 e. The van der Waals surface area contributed by atoms with E-state index in [1.807, 2.05) is 0 Å². The Bertz CT molecular complexity index is 317. The summed E-state index contributed by atoms with van der Waals surface area (Å²) in [5, 5.41) is 1.58. The summed E-state index contributed by atoms with van der Waals surface area (Å²) < 4.78 is 0. The highest BCUT2D eigenvalue weighted by Crippen LogP contribution is 2.02. The molecule has 0 heterocycles. The number of benzene rings is 1. The van der Waals surface area contributed by atoms with Crippen molar-refractivity contribution in [3.05, 3.63) is 35.4 Å². The van der Waals surface area contributed by atoms with Crippen LogP contribution in [0.2, 0.25) is 0 Å². The Labute approximate surface area is 88.4 Å². The van der Waals surface area contributed by atoms with Crippen molar-refractivity contribution in [2.75, 3.05) is 0 Å². The maximum absolute atomic E-state index is 9.62. The molecule has 0 unspecified atom stereocenters. The third kappa shape index (κ3) is 7.06. The van der Waals surface area contributed by atoms with Crippen LogP contribution in [0.5, 0.6) is 0 Å². The van der Waals surface area contributed by atoms with Gasteiger partial charge >= 0.3 is 12.1 Å². The van der Waals surface area contributed by atoms with Crippen molar-refractivity contribution in [2.24, 2.45) is 11.5 Å². The molecule has 0 saturated heterocycles. The zero-order valence-corrected chi connectivity index (χ0v) is 8.78. The Morgan fingerprint density at radius 1 is 1.00 bits per heavy atom. The summed E-state index contributed by atoms with van der Waals surface area (Å²) in [6, 6.07) is 6.48. The van der Waals surface area contributed by atoms with E-state index in [0.29, 0.717) is 0 Å². The van der Waals surface area contributed by atoms with Gasteiger partial charge in [-0.05, 0) is 25.0 Å². The van der Waals surface area contributed by atoms with Crippen LogP contribution in [-0.4, -0.2) is 12.1 Å². The molecule has 4 amide bonds. The number of amides is 4. The molecule has 15 heavy (non-hydrogen) atoms. The number of hydrogen-bond acceptors (Lipinski definition) is 2. The number of imide groups is 1. The van der Waals surface area contributed by atoms with Gasteiger partial charge in [-0.25, -0.2) is 9.59 Å². The smallest absolute Gasteiger partial charge is 0.320 e. The summed E-state index contributed by atoms with van der Waals surface area (Å²) in [5.74, 6) is 0. The summed E-state index contributed by atoms with van der Waals surface area (Å²) >= 11 is 0. The van der Waals surface area contributed by atoms with E-state index in [1.165, 1.54) is 11.1 Å². The van der Waals surface area contributed by atoms with E-state index >= 15 is 0 Å². The minimum Gasteiger partial charge on any atom is -0.351 e. The predicted molar refractivity (Wildman–Crippen MR) is 58.2 cm³/mol. The van der Waals surface area contributed by atoms with Crippen molar-refractivity contribution in [1.82, 2.24) is 5.32 Å². The molecule has 1 aromatic carbocycles. The second-order valence-electron chi connectivity index (χ2n) is 2.94. The van der Waals surface area contributed by atoms with E-state index < -0.39 is 12.1 Å². The average molecular weight is 209 g/mol. The van der Waals surface area contributed by atoms with Crippen LogP contribution in [0.15, 0.2) is 24.3 Å². The van der Waals surface area contributed by atoms with E-state index in [-0.39, 0.29) is 0 Å². The van der Waals surface area contributed by atoms with Crippen LogP contribution in [-0.2, 0) is 0 Å². The fourth-order valence-corrected chi connectivity index (χ4v) is 0.784. The molecule has 0 bridgehead atoms. The van der Waals surface area contributed by atoms with Crippen LogP contribution in [0.4, 0.5) is 9.59 Å². The molecule has 0 radical (unpaired) electrons. The number of carbonyl (C=O) groups is 2. The van der Waals surface area contributed by atoms with Gasteiger partial charge in [0.2, 0.25) is 0 Å². The molecular formula is C10H15N3O2. The van der Waals surface area contributed by atoms with E-state index in [4.69, 9.17) is 0 Å². The number of primary amides is 2. The number of rotatable bonds is 0. The standard InChI is InChI=1S/C8H10.C2H5N3O2/c1-7-5-3-4-6-8(7)2;3-1(6)5-2(4)7/h3-6H,1-2H3;(H5,3,4,5,6,7). The van der Waals surface area contributed by atoms with Crippen molar-refractivity contribution in [3.63, 3.8) is 0 Å². The number of carbonyl (C=O) groups excluding carboxylic acids is 2. The quantitative estimate of drug-likeness (QED) is 0.594. The molecule has 0 aromatic heterocycles. The molecule has 0 spiro atoms. The first-order valence-corrected chi connectivity index (χ1v) is 4.31. The first kappa shape index (κ1) is 13.0. The van der Waals surface area contributed by atoms with Gasteiger partial charge in [0.25, 0.3) is 0 Å². The monoisotopic (exact) mass is 209 g/mol. The molecule has 5 N–H and O–H groups in total. The number of urea groups is 2. The second-order valence-corrected chi connectivity index (χ2v) is 2.94. The van der Waals surface area contributed by atoms with E-state index in [1.54, 1.807) is 5.32 Å². The second kappa shape index (κ2) is 6.42. The van der Waals surface area contributed by atoms with Crippen molar-refractivity contribution >= 4 is 12.1 Å². The number of nitrogens with one attached hydrogen (secondary N) is 1. The topological polar surface area (TPSA) is 98.2 Å². The lowest BCUT2D eigenvalue weighted by atomic mass is 10.1. The van der Waals surface area contributed by atoms with Crippen LogP contribution in [0.1, 0.15) is 11.1 Å². The van der Waals surface area contributed by atoms with Gasteiger partial charge in [0.15, 0.2) is 0 Å². The zero-order chi connectivity index (χ0) is 11.8. The van der Waals surface area contributed by atoms with E-state index in [0.717, 1.165) is 0 Å². The molecule has 5 nitrogen and oxygen atoms in total. The van der Waals surface area contributed by atoms with Crippen LogP contribution in [0.3, 0.4) is 0 Å². The summed E-state index contributed by atoms with van der Waals surface area (Å²) in [4.78, 5) is 19.2. The number of aryl methyl sites for hydroxylation is 2.